The first-order valence-electron chi connectivity index (χ1n) is 7.98. The van der Waals surface area contributed by atoms with Crippen LogP contribution in [-0.2, 0) is 22.6 Å². The number of anilines is 1. The summed E-state index contributed by atoms with van der Waals surface area (Å²) in [6.45, 7) is 2.79. The van der Waals surface area contributed by atoms with E-state index in [1.54, 1.807) is 0 Å². The minimum Gasteiger partial charge on any atom is -0.491 e. The maximum Gasteiger partial charge on any atom is 0.227 e. The van der Waals surface area contributed by atoms with Gasteiger partial charge < -0.3 is 15.4 Å². The van der Waals surface area contributed by atoms with Crippen molar-refractivity contribution in [3.8, 4) is 5.75 Å². The number of ether oxygens (including phenoxy) is 1. The van der Waals surface area contributed by atoms with Crippen molar-refractivity contribution < 1.29 is 14.3 Å². The maximum absolute atomic E-state index is 12.1. The average molecular weight is 324 g/mol. The fourth-order valence-corrected chi connectivity index (χ4v) is 2.62. The van der Waals surface area contributed by atoms with Gasteiger partial charge in [-0.25, -0.2) is 0 Å². The van der Waals surface area contributed by atoms with Crippen LogP contribution in [0, 0.1) is 6.92 Å². The second kappa shape index (κ2) is 7.17. The predicted octanol–water partition coefficient (Wildman–Crippen LogP) is 2.57. The third kappa shape index (κ3) is 3.93. The summed E-state index contributed by atoms with van der Waals surface area (Å²) in [4.78, 5) is 23.7. The molecule has 3 rings (SSSR count). The summed E-state index contributed by atoms with van der Waals surface area (Å²) in [6, 6.07) is 13.4. The molecule has 24 heavy (non-hydrogen) atoms. The Hall–Kier alpha value is -2.82. The van der Waals surface area contributed by atoms with Crippen molar-refractivity contribution in [3.05, 3.63) is 59.2 Å². The molecule has 0 unspecified atom stereocenters. The highest BCUT2D eigenvalue weighted by Gasteiger charge is 2.14. The Morgan fingerprint density at radius 1 is 1.25 bits per heavy atom. The van der Waals surface area contributed by atoms with Gasteiger partial charge in [0.2, 0.25) is 11.8 Å². The van der Waals surface area contributed by atoms with Gasteiger partial charge in [0.1, 0.15) is 5.75 Å². The number of carbonyl (C=O) groups is 2. The van der Waals surface area contributed by atoms with Gasteiger partial charge >= 0.3 is 0 Å². The van der Waals surface area contributed by atoms with E-state index in [1.165, 1.54) is 0 Å². The van der Waals surface area contributed by atoms with E-state index in [0.29, 0.717) is 37.4 Å². The van der Waals surface area contributed by atoms with E-state index in [2.05, 4.69) is 10.6 Å². The minimum atomic E-state index is -0.0607. The Kier molecular flexibility index (Phi) is 4.79. The third-order valence-corrected chi connectivity index (χ3v) is 4.01. The molecule has 1 aliphatic rings. The normalized spacial score (nSPS) is 13.3. The van der Waals surface area contributed by atoms with Gasteiger partial charge in [-0.3, -0.25) is 9.59 Å². The van der Waals surface area contributed by atoms with Gasteiger partial charge in [0, 0.05) is 6.54 Å². The number of carbonyl (C=O) groups excluding carboxylic acids is 2. The predicted molar refractivity (Wildman–Crippen MR) is 91.9 cm³/mol. The molecule has 0 fully saturated rings. The standard InChI is InChI=1S/C19H20N2O3/c1-13-4-2-3-5-15(13)11-19(23)20-12-14-6-7-17-16(10-14)21-18(22)8-9-24-17/h2-7,10H,8-9,11-12H2,1H3,(H,20,23)(H,21,22). The van der Waals surface area contributed by atoms with Crippen LogP contribution in [0.5, 0.6) is 5.75 Å². The lowest BCUT2D eigenvalue weighted by Crippen LogP contribution is -2.24. The van der Waals surface area contributed by atoms with Gasteiger partial charge in [0.15, 0.2) is 0 Å². The Balaban J connectivity index is 1.61. The average Bonchev–Trinajstić information content (AvgIpc) is 2.75. The smallest absolute Gasteiger partial charge is 0.227 e. The van der Waals surface area contributed by atoms with Crippen LogP contribution in [0.2, 0.25) is 0 Å². The molecular weight excluding hydrogens is 304 g/mol. The van der Waals surface area contributed by atoms with E-state index in [0.717, 1.165) is 16.7 Å². The summed E-state index contributed by atoms with van der Waals surface area (Å²) in [6.07, 6.45) is 0.703. The van der Waals surface area contributed by atoms with Gasteiger partial charge in [0.05, 0.1) is 25.1 Å². The quantitative estimate of drug-likeness (QED) is 0.908. The fourth-order valence-electron chi connectivity index (χ4n) is 2.62. The Bertz CT molecular complexity index is 771. The molecule has 0 saturated heterocycles. The number of nitrogens with one attached hydrogen (secondary N) is 2. The molecule has 2 aromatic rings. The molecule has 5 nitrogen and oxygen atoms in total. The number of benzene rings is 2. The van der Waals surface area contributed by atoms with Crippen LogP contribution in [0.3, 0.4) is 0 Å². The summed E-state index contributed by atoms with van der Waals surface area (Å²) in [5.74, 6) is 0.574. The van der Waals surface area contributed by atoms with Gasteiger partial charge in [0.25, 0.3) is 0 Å². The van der Waals surface area contributed by atoms with Crippen LogP contribution in [-0.4, -0.2) is 18.4 Å². The molecule has 0 bridgehead atoms. The van der Waals surface area contributed by atoms with Crippen molar-refractivity contribution in [2.24, 2.45) is 0 Å². The van der Waals surface area contributed by atoms with E-state index in [4.69, 9.17) is 4.74 Å². The molecule has 1 aliphatic heterocycles. The number of hydrogen-bond donors (Lipinski definition) is 2. The summed E-state index contributed by atoms with van der Waals surface area (Å²) in [7, 11) is 0. The lowest BCUT2D eigenvalue weighted by atomic mass is 10.1. The van der Waals surface area contributed by atoms with E-state index in [-0.39, 0.29) is 11.8 Å². The Morgan fingerprint density at radius 3 is 2.92 bits per heavy atom. The number of amides is 2. The van der Waals surface area contributed by atoms with E-state index in [9.17, 15) is 9.59 Å². The zero-order valence-corrected chi connectivity index (χ0v) is 13.6. The molecule has 5 heteroatoms. The van der Waals surface area contributed by atoms with Crippen LogP contribution in [0.4, 0.5) is 5.69 Å². The van der Waals surface area contributed by atoms with E-state index < -0.39 is 0 Å². The molecule has 0 atom stereocenters. The number of rotatable bonds is 4. The second-order valence-electron chi connectivity index (χ2n) is 5.86. The van der Waals surface area contributed by atoms with Gasteiger partial charge in [-0.05, 0) is 35.7 Å². The molecule has 0 aliphatic carbocycles. The first-order chi connectivity index (χ1) is 11.6. The molecule has 0 aromatic heterocycles. The highest BCUT2D eigenvalue weighted by molar-refractivity contribution is 5.93. The van der Waals surface area contributed by atoms with Crippen molar-refractivity contribution in [1.82, 2.24) is 5.32 Å². The zero-order valence-electron chi connectivity index (χ0n) is 13.6. The topological polar surface area (TPSA) is 67.4 Å². The van der Waals surface area contributed by atoms with Gasteiger partial charge in [-0.15, -0.1) is 0 Å². The number of hydrogen-bond acceptors (Lipinski definition) is 3. The lowest BCUT2D eigenvalue weighted by Gasteiger charge is -2.11. The SMILES string of the molecule is Cc1ccccc1CC(=O)NCc1ccc2c(c1)NC(=O)CCO2. The summed E-state index contributed by atoms with van der Waals surface area (Å²) in [5, 5.41) is 5.74. The molecule has 2 aromatic carbocycles. The third-order valence-electron chi connectivity index (χ3n) is 4.01. The summed E-state index contributed by atoms with van der Waals surface area (Å²) in [5.41, 5.74) is 3.70. The van der Waals surface area contributed by atoms with Crippen molar-refractivity contribution in [2.45, 2.75) is 26.3 Å². The molecule has 2 N–H and O–H groups in total. The largest absolute Gasteiger partial charge is 0.491 e. The molecule has 0 radical (unpaired) electrons. The second-order valence-corrected chi connectivity index (χ2v) is 5.86. The first-order valence-corrected chi connectivity index (χ1v) is 7.98. The summed E-state index contributed by atoms with van der Waals surface area (Å²) < 4.78 is 5.52. The Morgan fingerprint density at radius 2 is 2.08 bits per heavy atom. The zero-order chi connectivity index (χ0) is 16.9. The summed E-state index contributed by atoms with van der Waals surface area (Å²) >= 11 is 0. The van der Waals surface area contributed by atoms with Crippen LogP contribution >= 0.6 is 0 Å². The van der Waals surface area contributed by atoms with Crippen LogP contribution < -0.4 is 15.4 Å². The van der Waals surface area contributed by atoms with Gasteiger partial charge in [-0.1, -0.05) is 30.3 Å². The van der Waals surface area contributed by atoms with Gasteiger partial charge in [-0.2, -0.15) is 0 Å². The lowest BCUT2D eigenvalue weighted by molar-refractivity contribution is -0.120. The van der Waals surface area contributed by atoms with E-state index in [1.807, 2.05) is 49.4 Å². The van der Waals surface area contributed by atoms with E-state index >= 15 is 0 Å². The van der Waals surface area contributed by atoms with Crippen LogP contribution in [0.25, 0.3) is 0 Å². The molecule has 124 valence electrons. The molecule has 0 saturated carbocycles. The Labute approximate surface area is 141 Å². The highest BCUT2D eigenvalue weighted by atomic mass is 16.5. The molecular formula is C19H20N2O3. The van der Waals surface area contributed by atoms with Crippen LogP contribution in [0.1, 0.15) is 23.1 Å². The minimum absolute atomic E-state index is 0.0282. The van der Waals surface area contributed by atoms with Crippen molar-refractivity contribution in [2.75, 3.05) is 11.9 Å². The molecule has 2 amide bonds. The molecule has 0 spiro atoms. The van der Waals surface area contributed by atoms with Crippen molar-refractivity contribution >= 4 is 17.5 Å². The molecule has 1 heterocycles. The monoisotopic (exact) mass is 324 g/mol. The van der Waals surface area contributed by atoms with Crippen LogP contribution in [0.15, 0.2) is 42.5 Å². The maximum atomic E-state index is 12.1. The van der Waals surface area contributed by atoms with Crippen molar-refractivity contribution in [1.29, 1.82) is 0 Å². The number of fused-ring (bicyclic) bond motifs is 1. The van der Waals surface area contributed by atoms with Crippen molar-refractivity contribution in [3.63, 3.8) is 0 Å². The first kappa shape index (κ1) is 16.1. The number of aryl methyl sites for hydroxylation is 1. The highest BCUT2D eigenvalue weighted by Crippen LogP contribution is 2.28. The fraction of sp³-hybridized carbons (Fsp3) is 0.263.